The lowest BCUT2D eigenvalue weighted by molar-refractivity contribution is 1.10. The summed E-state index contributed by atoms with van der Waals surface area (Å²) in [5.74, 6) is 0. The molecule has 0 bridgehead atoms. The molecule has 47 heavy (non-hydrogen) atoms. The van der Waals surface area contributed by atoms with Gasteiger partial charge in [0.25, 0.3) is 0 Å². The predicted molar refractivity (Wildman–Crippen MR) is 198 cm³/mol. The number of nitrogens with zero attached hydrogens (tertiary/aromatic N) is 4. The Labute approximate surface area is 272 Å². The number of pyridine rings is 2. The van der Waals surface area contributed by atoms with Crippen LogP contribution in [0.3, 0.4) is 0 Å². The zero-order valence-electron chi connectivity index (χ0n) is 25.9. The number of aryl methyl sites for hydroxylation is 1. The van der Waals surface area contributed by atoms with E-state index in [0.29, 0.717) is 0 Å². The number of benzene rings is 5. The number of allylic oxidation sites excluding steroid dienone is 2. The molecule has 0 radical (unpaired) electrons. The van der Waals surface area contributed by atoms with Crippen LogP contribution in [0.15, 0.2) is 153 Å². The van der Waals surface area contributed by atoms with Crippen LogP contribution in [0.1, 0.15) is 11.3 Å². The molecule has 0 saturated carbocycles. The van der Waals surface area contributed by atoms with E-state index in [4.69, 9.17) is 0 Å². The summed E-state index contributed by atoms with van der Waals surface area (Å²) in [7, 11) is 0. The molecule has 0 aliphatic heterocycles. The van der Waals surface area contributed by atoms with Crippen molar-refractivity contribution in [2.24, 2.45) is 0 Å². The molecular weight excluding hydrogens is 573 g/mol. The van der Waals surface area contributed by atoms with Crippen LogP contribution in [0.2, 0.25) is 0 Å². The van der Waals surface area contributed by atoms with E-state index < -0.39 is 0 Å². The van der Waals surface area contributed by atoms with Crippen molar-refractivity contribution in [2.45, 2.75) is 6.92 Å². The van der Waals surface area contributed by atoms with Crippen molar-refractivity contribution in [2.75, 3.05) is 0 Å². The van der Waals surface area contributed by atoms with Gasteiger partial charge in [-0.25, -0.2) is 0 Å². The summed E-state index contributed by atoms with van der Waals surface area (Å²) in [4.78, 5) is 9.02. The van der Waals surface area contributed by atoms with Gasteiger partial charge >= 0.3 is 0 Å². The fraction of sp³-hybridized carbons (Fsp3) is 0.0233. The van der Waals surface area contributed by atoms with Crippen LogP contribution in [0, 0.1) is 6.92 Å². The zero-order valence-corrected chi connectivity index (χ0v) is 25.9. The molecule has 9 rings (SSSR count). The van der Waals surface area contributed by atoms with Gasteiger partial charge in [0.05, 0.1) is 40.3 Å². The fourth-order valence-corrected chi connectivity index (χ4v) is 7.44. The van der Waals surface area contributed by atoms with Gasteiger partial charge in [-0.15, -0.1) is 0 Å². The highest BCUT2D eigenvalue weighted by molar-refractivity contribution is 6.13. The second kappa shape index (κ2) is 10.7. The maximum Gasteiger partial charge on any atom is 0.0724 e. The van der Waals surface area contributed by atoms with Crippen molar-refractivity contribution in [3.63, 3.8) is 0 Å². The molecule has 4 nitrogen and oxygen atoms in total. The average molecular weight is 603 g/mol. The first-order valence-corrected chi connectivity index (χ1v) is 15.9. The number of fused-ring (bicyclic) bond motifs is 6. The van der Waals surface area contributed by atoms with E-state index in [1.54, 1.807) is 0 Å². The summed E-state index contributed by atoms with van der Waals surface area (Å²) in [6, 6.07) is 39.4. The van der Waals surface area contributed by atoms with E-state index in [-0.39, 0.29) is 0 Å². The topological polar surface area (TPSA) is 35.6 Å². The maximum atomic E-state index is 4.51. The molecule has 4 heteroatoms. The van der Waals surface area contributed by atoms with Crippen LogP contribution >= 0.6 is 0 Å². The van der Waals surface area contributed by atoms with Gasteiger partial charge in [-0.3, -0.25) is 9.97 Å². The van der Waals surface area contributed by atoms with Crippen molar-refractivity contribution in [1.82, 2.24) is 19.1 Å². The Balaban J connectivity index is 1.31. The van der Waals surface area contributed by atoms with Crippen molar-refractivity contribution >= 4 is 60.3 Å². The molecular formula is C43H30N4. The van der Waals surface area contributed by atoms with E-state index in [9.17, 15) is 0 Å². The van der Waals surface area contributed by atoms with Crippen LogP contribution in [0.4, 0.5) is 0 Å². The maximum absolute atomic E-state index is 4.51. The summed E-state index contributed by atoms with van der Waals surface area (Å²) in [5, 5.41) is 8.41. The average Bonchev–Trinajstić information content (AvgIpc) is 3.61. The number of aromatic nitrogens is 4. The first-order valence-electron chi connectivity index (χ1n) is 15.9. The second-order valence-electron chi connectivity index (χ2n) is 11.9. The van der Waals surface area contributed by atoms with Gasteiger partial charge in [-0.2, -0.15) is 0 Å². The quantitative estimate of drug-likeness (QED) is 0.184. The summed E-state index contributed by atoms with van der Waals surface area (Å²) >= 11 is 0. The molecule has 0 unspecified atom stereocenters. The number of hydrogen-bond donors (Lipinski definition) is 0. The van der Waals surface area contributed by atoms with Gasteiger partial charge < -0.3 is 9.13 Å². The van der Waals surface area contributed by atoms with Crippen LogP contribution in [0.25, 0.3) is 82.8 Å². The SMILES string of the molecule is C=C/C=C\c1c(C)c2ccncc2n1-c1ccc(-c2ccc(-n3c4ccccc4c4ccncc43)c3ccccc23)c2ccccc12. The van der Waals surface area contributed by atoms with E-state index in [2.05, 4.69) is 148 Å². The molecule has 0 atom stereocenters. The van der Waals surface area contributed by atoms with Gasteiger partial charge in [-0.1, -0.05) is 97.6 Å². The first kappa shape index (κ1) is 27.1. The minimum Gasteiger partial charge on any atom is -0.307 e. The molecule has 4 heterocycles. The lowest BCUT2D eigenvalue weighted by Crippen LogP contribution is -2.00. The number of rotatable bonds is 5. The molecule has 9 aromatic rings. The highest BCUT2D eigenvalue weighted by atomic mass is 15.0. The summed E-state index contributed by atoms with van der Waals surface area (Å²) < 4.78 is 4.69. The van der Waals surface area contributed by atoms with Crippen LogP contribution < -0.4 is 0 Å². The second-order valence-corrected chi connectivity index (χ2v) is 11.9. The smallest absolute Gasteiger partial charge is 0.0724 e. The molecule has 5 aromatic carbocycles. The third-order valence-corrected chi connectivity index (χ3v) is 9.51. The van der Waals surface area contributed by atoms with Crippen LogP contribution in [0.5, 0.6) is 0 Å². The number of para-hydroxylation sites is 1. The Morgan fingerprint density at radius 3 is 1.66 bits per heavy atom. The highest BCUT2D eigenvalue weighted by Crippen LogP contribution is 2.41. The zero-order chi connectivity index (χ0) is 31.5. The molecule has 0 amide bonds. The molecule has 0 saturated heterocycles. The van der Waals surface area contributed by atoms with Gasteiger partial charge in [-0.05, 0) is 70.8 Å². The Hall–Kier alpha value is -6.26. The molecule has 0 spiro atoms. The molecule has 0 N–H and O–H groups in total. The van der Waals surface area contributed by atoms with Crippen molar-refractivity contribution in [3.05, 3.63) is 164 Å². The largest absolute Gasteiger partial charge is 0.307 e. The fourth-order valence-electron chi connectivity index (χ4n) is 7.44. The summed E-state index contributed by atoms with van der Waals surface area (Å²) in [6.45, 7) is 6.10. The minimum absolute atomic E-state index is 1.09. The normalized spacial score (nSPS) is 11.9. The van der Waals surface area contributed by atoms with E-state index >= 15 is 0 Å². The summed E-state index contributed by atoms with van der Waals surface area (Å²) in [5.41, 5.74) is 10.4. The van der Waals surface area contributed by atoms with Crippen LogP contribution in [-0.4, -0.2) is 19.1 Å². The monoisotopic (exact) mass is 602 g/mol. The highest BCUT2D eigenvalue weighted by Gasteiger charge is 2.19. The van der Waals surface area contributed by atoms with Crippen molar-refractivity contribution in [1.29, 1.82) is 0 Å². The standard InChI is InChI=1S/C43H30N4/c1-3-4-16-38-28(2)29-22-24-44-26-42(29)46(38)40-20-18-32(30-11-5-7-13-34(30)40)33-19-21-41(35-14-8-6-12-31(33)35)47-39-17-10-9-15-36(39)37-23-25-45-27-43(37)47/h3-27H,1H2,2H3/b16-4-. The predicted octanol–water partition coefficient (Wildman–Crippen LogP) is 11.0. The molecule has 0 aliphatic carbocycles. The lowest BCUT2D eigenvalue weighted by atomic mass is 9.92. The van der Waals surface area contributed by atoms with Crippen LogP contribution in [-0.2, 0) is 0 Å². The van der Waals surface area contributed by atoms with E-state index in [1.807, 2.05) is 36.9 Å². The van der Waals surface area contributed by atoms with Crippen molar-refractivity contribution in [3.8, 4) is 22.5 Å². The summed E-state index contributed by atoms with van der Waals surface area (Å²) in [6.07, 6.45) is 13.7. The first-order chi connectivity index (χ1) is 23.2. The molecule has 0 fully saturated rings. The van der Waals surface area contributed by atoms with Gasteiger partial charge in [0.2, 0.25) is 0 Å². The van der Waals surface area contributed by atoms with Crippen molar-refractivity contribution < 1.29 is 0 Å². The van der Waals surface area contributed by atoms with Gasteiger partial charge in [0.15, 0.2) is 0 Å². The van der Waals surface area contributed by atoms with Gasteiger partial charge in [0.1, 0.15) is 0 Å². The Morgan fingerprint density at radius 2 is 1.02 bits per heavy atom. The molecule has 4 aromatic heterocycles. The van der Waals surface area contributed by atoms with E-state index in [1.165, 1.54) is 59.9 Å². The molecule has 222 valence electrons. The molecule has 0 aliphatic rings. The van der Waals surface area contributed by atoms with E-state index in [0.717, 1.165) is 28.1 Å². The van der Waals surface area contributed by atoms with Gasteiger partial charge in [0, 0.05) is 45.0 Å². The minimum atomic E-state index is 1.09. The Morgan fingerprint density at radius 1 is 0.511 bits per heavy atom. The Bertz CT molecular complexity index is 2670. The lowest BCUT2D eigenvalue weighted by Gasteiger charge is -2.18. The Kier molecular flexibility index (Phi) is 6.15. The number of hydrogen-bond acceptors (Lipinski definition) is 2. The third-order valence-electron chi connectivity index (χ3n) is 9.51. The third kappa shape index (κ3) is 4.01.